The van der Waals surface area contributed by atoms with E-state index in [-0.39, 0.29) is 23.9 Å². The highest BCUT2D eigenvalue weighted by Gasteiger charge is 2.35. The van der Waals surface area contributed by atoms with Crippen LogP contribution in [0.5, 0.6) is 0 Å². The first kappa shape index (κ1) is 14.8. The lowest BCUT2D eigenvalue weighted by Crippen LogP contribution is -2.40. The molecule has 2 nitrogen and oxygen atoms in total. The third kappa shape index (κ3) is 3.14. The maximum atomic E-state index is 9.57. The van der Waals surface area contributed by atoms with E-state index in [4.69, 9.17) is 17.3 Å². The Kier molecular flexibility index (Phi) is 5.26. The van der Waals surface area contributed by atoms with E-state index in [1.165, 1.54) is 5.56 Å². The minimum atomic E-state index is -0.154. The van der Waals surface area contributed by atoms with E-state index >= 15 is 0 Å². The van der Waals surface area contributed by atoms with Gasteiger partial charge in [0, 0.05) is 17.0 Å². The van der Waals surface area contributed by atoms with Gasteiger partial charge in [-0.2, -0.15) is 0 Å². The van der Waals surface area contributed by atoms with Crippen LogP contribution in [-0.2, 0) is 5.41 Å². The Balaban J connectivity index is 0.00000144. The molecule has 0 radical (unpaired) electrons. The first-order chi connectivity index (χ1) is 7.66. The summed E-state index contributed by atoms with van der Waals surface area (Å²) in [5.41, 5.74) is 7.18. The molecular weight excluding hydrogens is 257 g/mol. The molecule has 3 N–H and O–H groups in total. The van der Waals surface area contributed by atoms with Crippen LogP contribution in [0.1, 0.15) is 31.2 Å². The molecule has 0 saturated heterocycles. The summed E-state index contributed by atoms with van der Waals surface area (Å²) in [6.45, 7) is 0.625. The molecule has 0 aliphatic heterocycles. The predicted molar refractivity (Wildman–Crippen MR) is 73.9 cm³/mol. The molecule has 1 aromatic rings. The van der Waals surface area contributed by atoms with Crippen LogP contribution in [0.4, 0.5) is 0 Å². The van der Waals surface area contributed by atoms with Crippen molar-refractivity contribution in [3.05, 3.63) is 34.9 Å². The molecule has 96 valence electrons. The van der Waals surface area contributed by atoms with Crippen molar-refractivity contribution in [2.24, 2.45) is 5.73 Å². The van der Waals surface area contributed by atoms with Gasteiger partial charge in [-0.15, -0.1) is 12.4 Å². The van der Waals surface area contributed by atoms with E-state index < -0.39 is 0 Å². The zero-order valence-corrected chi connectivity index (χ0v) is 11.3. The zero-order chi connectivity index (χ0) is 11.6. The third-order valence-corrected chi connectivity index (χ3v) is 3.98. The van der Waals surface area contributed by atoms with Gasteiger partial charge in [-0.05, 0) is 43.4 Å². The van der Waals surface area contributed by atoms with Crippen molar-refractivity contribution < 1.29 is 5.11 Å². The quantitative estimate of drug-likeness (QED) is 0.872. The monoisotopic (exact) mass is 275 g/mol. The molecule has 17 heavy (non-hydrogen) atoms. The van der Waals surface area contributed by atoms with Crippen molar-refractivity contribution in [2.45, 2.75) is 37.2 Å². The number of halogens is 2. The molecule has 1 aliphatic rings. The fourth-order valence-corrected chi connectivity index (χ4v) is 2.77. The van der Waals surface area contributed by atoms with Gasteiger partial charge >= 0.3 is 0 Å². The molecule has 0 bridgehead atoms. The molecule has 1 aromatic carbocycles. The summed E-state index contributed by atoms with van der Waals surface area (Å²) in [6, 6.07) is 7.95. The minimum Gasteiger partial charge on any atom is -0.393 e. The second-order valence-corrected chi connectivity index (χ2v) is 5.16. The standard InChI is InChI=1S/C13H18ClNO.ClH/c14-11-3-1-2-10(8-11)13(9-15)6-4-12(16)5-7-13;/h1-3,8,12,16H,4-7,9,15H2;1H. The summed E-state index contributed by atoms with van der Waals surface area (Å²) in [5.74, 6) is 0. The van der Waals surface area contributed by atoms with Gasteiger partial charge in [0.15, 0.2) is 0 Å². The fourth-order valence-electron chi connectivity index (χ4n) is 2.58. The number of benzene rings is 1. The SMILES string of the molecule is Cl.NCC1(c2cccc(Cl)c2)CCC(O)CC1. The van der Waals surface area contributed by atoms with Crippen LogP contribution in [0.2, 0.25) is 5.02 Å². The Hall–Kier alpha value is -0.280. The van der Waals surface area contributed by atoms with Crippen LogP contribution in [0.15, 0.2) is 24.3 Å². The second kappa shape index (κ2) is 6.05. The summed E-state index contributed by atoms with van der Waals surface area (Å²) in [4.78, 5) is 0. The molecular formula is C13H19Cl2NO. The highest BCUT2D eigenvalue weighted by molar-refractivity contribution is 6.30. The van der Waals surface area contributed by atoms with Crippen LogP contribution in [-0.4, -0.2) is 17.8 Å². The van der Waals surface area contributed by atoms with Crippen molar-refractivity contribution in [3.63, 3.8) is 0 Å². The van der Waals surface area contributed by atoms with Crippen molar-refractivity contribution in [1.29, 1.82) is 0 Å². The number of hydrogen-bond donors (Lipinski definition) is 2. The van der Waals surface area contributed by atoms with Gasteiger partial charge in [0.25, 0.3) is 0 Å². The van der Waals surface area contributed by atoms with Gasteiger partial charge in [-0.1, -0.05) is 23.7 Å². The van der Waals surface area contributed by atoms with Crippen molar-refractivity contribution in [2.75, 3.05) is 6.54 Å². The molecule has 2 rings (SSSR count). The lowest BCUT2D eigenvalue weighted by Gasteiger charge is -2.38. The van der Waals surface area contributed by atoms with Crippen LogP contribution in [0.3, 0.4) is 0 Å². The smallest absolute Gasteiger partial charge is 0.0541 e. The van der Waals surface area contributed by atoms with Gasteiger partial charge in [-0.3, -0.25) is 0 Å². The largest absolute Gasteiger partial charge is 0.393 e. The summed E-state index contributed by atoms with van der Waals surface area (Å²) in [7, 11) is 0. The molecule has 1 saturated carbocycles. The Morgan fingerprint density at radius 3 is 2.53 bits per heavy atom. The average molecular weight is 276 g/mol. The van der Waals surface area contributed by atoms with E-state index in [2.05, 4.69) is 6.07 Å². The van der Waals surface area contributed by atoms with Crippen LogP contribution in [0, 0.1) is 0 Å². The van der Waals surface area contributed by atoms with E-state index in [0.29, 0.717) is 6.54 Å². The zero-order valence-electron chi connectivity index (χ0n) is 9.73. The molecule has 0 unspecified atom stereocenters. The first-order valence-electron chi connectivity index (χ1n) is 5.80. The Labute approximate surface area is 114 Å². The number of aliphatic hydroxyl groups excluding tert-OH is 1. The lowest BCUT2D eigenvalue weighted by atomic mass is 9.69. The van der Waals surface area contributed by atoms with Gasteiger partial charge in [0.2, 0.25) is 0 Å². The predicted octanol–water partition coefficient (Wildman–Crippen LogP) is 2.89. The maximum absolute atomic E-state index is 9.57. The van der Waals surface area contributed by atoms with Gasteiger partial charge in [0.1, 0.15) is 0 Å². The van der Waals surface area contributed by atoms with Gasteiger partial charge in [-0.25, -0.2) is 0 Å². The molecule has 4 heteroatoms. The summed E-state index contributed by atoms with van der Waals surface area (Å²) < 4.78 is 0. The van der Waals surface area contributed by atoms with Crippen LogP contribution < -0.4 is 5.73 Å². The molecule has 1 aliphatic carbocycles. The Bertz CT molecular complexity index is 362. The highest BCUT2D eigenvalue weighted by Crippen LogP contribution is 2.39. The lowest BCUT2D eigenvalue weighted by molar-refractivity contribution is 0.0975. The molecule has 0 aromatic heterocycles. The maximum Gasteiger partial charge on any atom is 0.0541 e. The second-order valence-electron chi connectivity index (χ2n) is 4.73. The molecule has 0 atom stereocenters. The number of rotatable bonds is 2. The van der Waals surface area contributed by atoms with E-state index in [1.54, 1.807) is 0 Å². The number of nitrogens with two attached hydrogens (primary N) is 1. The topological polar surface area (TPSA) is 46.2 Å². The molecule has 1 fully saturated rings. The van der Waals surface area contributed by atoms with Crippen molar-refractivity contribution in [1.82, 2.24) is 0 Å². The highest BCUT2D eigenvalue weighted by atomic mass is 35.5. The molecule has 0 spiro atoms. The van der Waals surface area contributed by atoms with Crippen molar-refractivity contribution in [3.8, 4) is 0 Å². The number of hydrogen-bond acceptors (Lipinski definition) is 2. The Morgan fingerprint density at radius 2 is 2.00 bits per heavy atom. The minimum absolute atomic E-state index is 0. The summed E-state index contributed by atoms with van der Waals surface area (Å²) >= 11 is 6.02. The van der Waals surface area contributed by atoms with Crippen LogP contribution in [0.25, 0.3) is 0 Å². The van der Waals surface area contributed by atoms with Gasteiger partial charge in [0.05, 0.1) is 6.10 Å². The van der Waals surface area contributed by atoms with Gasteiger partial charge < -0.3 is 10.8 Å². The summed E-state index contributed by atoms with van der Waals surface area (Å²) in [6.07, 6.45) is 3.42. The molecule has 0 heterocycles. The van der Waals surface area contributed by atoms with Crippen LogP contribution >= 0.6 is 24.0 Å². The fraction of sp³-hybridized carbons (Fsp3) is 0.538. The van der Waals surface area contributed by atoms with E-state index in [1.807, 2.05) is 18.2 Å². The summed E-state index contributed by atoms with van der Waals surface area (Å²) in [5, 5.41) is 10.3. The Morgan fingerprint density at radius 1 is 1.35 bits per heavy atom. The van der Waals surface area contributed by atoms with Crippen molar-refractivity contribution >= 4 is 24.0 Å². The average Bonchev–Trinajstić information content (AvgIpc) is 2.31. The third-order valence-electron chi connectivity index (χ3n) is 3.74. The van der Waals surface area contributed by atoms with E-state index in [0.717, 1.165) is 30.7 Å². The van der Waals surface area contributed by atoms with E-state index in [9.17, 15) is 5.11 Å². The first-order valence-corrected chi connectivity index (χ1v) is 6.18. The normalized spacial score (nSPS) is 28.5. The molecule has 0 amide bonds. The number of aliphatic hydroxyl groups is 1.